The highest BCUT2D eigenvalue weighted by molar-refractivity contribution is 5.85. The Morgan fingerprint density at radius 2 is 1.46 bits per heavy atom. The Hall–Kier alpha value is -3.62. The molecule has 2 aliphatic rings. The van der Waals surface area contributed by atoms with E-state index >= 15 is 0 Å². The molecule has 0 saturated heterocycles. The van der Waals surface area contributed by atoms with Crippen molar-refractivity contribution in [2.75, 3.05) is 47.4 Å². The molecule has 4 aromatic carbocycles. The number of nitrogens with one attached hydrogen (secondary N) is 1. The summed E-state index contributed by atoms with van der Waals surface area (Å²) in [5.74, 6) is 1.41. The van der Waals surface area contributed by atoms with Crippen molar-refractivity contribution in [2.45, 2.75) is 94.5 Å². The summed E-state index contributed by atoms with van der Waals surface area (Å²) in [5.41, 5.74) is 6.22. The maximum atomic E-state index is 13.3. The number of benzene rings is 4. The monoisotopic (exact) mass is 805 g/mol. The van der Waals surface area contributed by atoms with Gasteiger partial charge >= 0.3 is 0 Å². The number of rotatable bonds is 21. The molecule has 1 saturated carbocycles. The lowest BCUT2D eigenvalue weighted by molar-refractivity contribution is -0.121. The van der Waals surface area contributed by atoms with Gasteiger partial charge in [0.15, 0.2) is 11.5 Å². The van der Waals surface area contributed by atoms with E-state index in [1.54, 1.807) is 26.4 Å². The lowest BCUT2D eigenvalue weighted by Crippen LogP contribution is -2.38. The van der Waals surface area contributed by atoms with Gasteiger partial charge in [0.25, 0.3) is 0 Å². The van der Waals surface area contributed by atoms with Crippen LogP contribution in [0.2, 0.25) is 0 Å². The van der Waals surface area contributed by atoms with Crippen molar-refractivity contribution in [1.29, 1.82) is 0 Å². The first-order valence-electron chi connectivity index (χ1n) is 20.2. The molecule has 1 heterocycles. The second kappa shape index (κ2) is 22.4. The van der Waals surface area contributed by atoms with E-state index in [1.807, 2.05) is 0 Å². The maximum absolute atomic E-state index is 13.3. The van der Waals surface area contributed by atoms with Crippen molar-refractivity contribution in [1.82, 2.24) is 15.1 Å². The molecule has 1 aliphatic carbocycles. The summed E-state index contributed by atoms with van der Waals surface area (Å²) in [6.45, 7) is 3.84. The number of methoxy groups -OCH3 is 2. The Morgan fingerprint density at radius 1 is 0.839 bits per heavy atom. The average Bonchev–Trinajstić information content (AvgIpc) is 4.07. The standard InChI is InChI=1S/C47H60FN3O3.2ClH/c1-50(41-24-25-41)31-11-10-18-43-42-35-45(54-3)44(53-2)34-37(42)27-33-51(43)32-13-29-47(38-14-6-4-7-15-38,39-16-8-5-9-17-39)28-12-30-49-46(52)26-21-36-19-22-40(48)23-20-36;;/h4-9,14-17,19-20,22-23,34-35,41,43H,10-13,18,21,24-33H2,1-3H3,(H,49,52);2*1H. The number of carbonyl (C=O) groups is 1. The minimum atomic E-state index is -0.256. The van der Waals surface area contributed by atoms with Crippen molar-refractivity contribution in [3.05, 3.63) is 131 Å². The van der Waals surface area contributed by atoms with E-state index in [2.05, 4.69) is 95.0 Å². The molecular weight excluding hydrogens is 744 g/mol. The lowest BCUT2D eigenvalue weighted by Gasteiger charge is -2.40. The third-order valence-corrected chi connectivity index (χ3v) is 11.9. The number of nitrogens with zero attached hydrogens (tertiary/aromatic N) is 2. The van der Waals surface area contributed by atoms with Gasteiger partial charge in [-0.3, -0.25) is 9.69 Å². The van der Waals surface area contributed by atoms with Crippen LogP contribution in [-0.2, 0) is 23.1 Å². The van der Waals surface area contributed by atoms with Gasteiger partial charge in [-0.05, 0) is 136 Å². The van der Waals surface area contributed by atoms with Gasteiger partial charge in [0.05, 0.1) is 14.2 Å². The number of hydrogen-bond acceptors (Lipinski definition) is 5. The lowest BCUT2D eigenvalue weighted by atomic mass is 9.68. The minimum absolute atomic E-state index is 0. The van der Waals surface area contributed by atoms with E-state index in [0.717, 1.165) is 74.7 Å². The molecular formula is C47H62Cl2FN3O3. The molecule has 0 aromatic heterocycles. The summed E-state index contributed by atoms with van der Waals surface area (Å²) in [4.78, 5) is 18.1. The van der Waals surface area contributed by atoms with Crippen LogP contribution in [0.15, 0.2) is 97.1 Å². The maximum Gasteiger partial charge on any atom is 0.220 e. The number of amides is 1. The third-order valence-electron chi connectivity index (χ3n) is 11.9. The Labute approximate surface area is 347 Å². The number of fused-ring (bicyclic) bond motifs is 1. The van der Waals surface area contributed by atoms with Gasteiger partial charge in [-0.1, -0.05) is 79.2 Å². The average molecular weight is 807 g/mol. The topological polar surface area (TPSA) is 54.0 Å². The van der Waals surface area contributed by atoms with E-state index in [0.29, 0.717) is 25.4 Å². The smallest absolute Gasteiger partial charge is 0.220 e. The van der Waals surface area contributed by atoms with E-state index in [1.165, 1.54) is 66.6 Å². The predicted molar refractivity (Wildman–Crippen MR) is 231 cm³/mol. The second-order valence-electron chi connectivity index (χ2n) is 15.4. The van der Waals surface area contributed by atoms with Crippen LogP contribution in [0.4, 0.5) is 4.39 Å². The first-order chi connectivity index (χ1) is 26.4. The van der Waals surface area contributed by atoms with Gasteiger partial charge in [0.1, 0.15) is 5.82 Å². The molecule has 0 spiro atoms. The highest BCUT2D eigenvalue weighted by atomic mass is 35.5. The zero-order valence-electron chi connectivity index (χ0n) is 33.5. The molecule has 1 atom stereocenters. The molecule has 1 fully saturated rings. The van der Waals surface area contributed by atoms with Crippen LogP contribution in [0.25, 0.3) is 0 Å². The second-order valence-corrected chi connectivity index (χ2v) is 15.4. The number of unbranched alkanes of at least 4 members (excludes halogenated alkanes) is 1. The van der Waals surface area contributed by atoms with Gasteiger partial charge in [-0.2, -0.15) is 0 Å². The Bertz CT molecular complexity index is 1720. The highest BCUT2D eigenvalue weighted by Gasteiger charge is 2.35. The number of ether oxygens (including phenoxy) is 2. The van der Waals surface area contributed by atoms with Crippen LogP contribution < -0.4 is 14.8 Å². The van der Waals surface area contributed by atoms with Gasteiger partial charge in [-0.15, -0.1) is 24.8 Å². The van der Waals surface area contributed by atoms with Crippen LogP contribution in [0.1, 0.15) is 98.1 Å². The summed E-state index contributed by atoms with van der Waals surface area (Å²) in [7, 11) is 5.75. The van der Waals surface area contributed by atoms with E-state index in [-0.39, 0.29) is 42.0 Å². The Kier molecular flexibility index (Phi) is 18.0. The van der Waals surface area contributed by atoms with E-state index in [4.69, 9.17) is 9.47 Å². The Morgan fingerprint density at radius 3 is 2.09 bits per heavy atom. The molecule has 6 nitrogen and oxygen atoms in total. The fourth-order valence-electron chi connectivity index (χ4n) is 8.67. The largest absolute Gasteiger partial charge is 0.493 e. The van der Waals surface area contributed by atoms with Crippen molar-refractivity contribution in [3.63, 3.8) is 0 Å². The molecule has 56 heavy (non-hydrogen) atoms. The fraction of sp³-hybridized carbons (Fsp3) is 0.468. The molecule has 6 rings (SSSR count). The molecule has 304 valence electrons. The normalized spacial score (nSPS) is 15.3. The molecule has 0 bridgehead atoms. The van der Waals surface area contributed by atoms with Crippen LogP contribution in [0, 0.1) is 5.82 Å². The quantitative estimate of drug-likeness (QED) is 0.0851. The Balaban J connectivity index is 0.00000348. The van der Waals surface area contributed by atoms with E-state index < -0.39 is 0 Å². The highest BCUT2D eigenvalue weighted by Crippen LogP contribution is 2.43. The molecule has 1 N–H and O–H groups in total. The van der Waals surface area contributed by atoms with Gasteiger partial charge in [0, 0.05) is 37.0 Å². The molecule has 1 amide bonds. The number of halogens is 3. The summed E-state index contributed by atoms with van der Waals surface area (Å²) in [5, 5.41) is 3.18. The molecule has 4 aromatic rings. The number of aryl methyl sites for hydroxylation is 1. The minimum Gasteiger partial charge on any atom is -0.493 e. The molecule has 1 unspecified atom stereocenters. The SMILES string of the molecule is COc1cc2c(cc1OC)C(CCCCN(C)C1CC1)N(CCCC(CCCNC(=O)CCc1ccc(F)cc1)(c1ccccc1)c1ccccc1)CC2.Cl.Cl. The van der Waals surface area contributed by atoms with Crippen molar-refractivity contribution in [2.24, 2.45) is 0 Å². The van der Waals surface area contributed by atoms with Crippen LogP contribution in [0.3, 0.4) is 0 Å². The zero-order chi connectivity index (χ0) is 37.8. The van der Waals surface area contributed by atoms with Gasteiger partial charge in [0.2, 0.25) is 5.91 Å². The molecule has 0 radical (unpaired) electrons. The summed E-state index contributed by atoms with van der Waals surface area (Å²) in [6, 6.07) is 34.0. The predicted octanol–water partition coefficient (Wildman–Crippen LogP) is 10.1. The van der Waals surface area contributed by atoms with Gasteiger partial charge < -0.3 is 19.7 Å². The first-order valence-corrected chi connectivity index (χ1v) is 20.2. The van der Waals surface area contributed by atoms with Crippen molar-refractivity contribution < 1.29 is 18.7 Å². The van der Waals surface area contributed by atoms with Crippen LogP contribution in [-0.4, -0.2) is 69.2 Å². The van der Waals surface area contributed by atoms with E-state index in [9.17, 15) is 9.18 Å². The molecule has 9 heteroatoms. The molecule has 1 aliphatic heterocycles. The summed E-state index contributed by atoms with van der Waals surface area (Å²) < 4.78 is 24.9. The number of carbonyl (C=O) groups excluding carboxylic acids is 1. The zero-order valence-corrected chi connectivity index (χ0v) is 35.2. The van der Waals surface area contributed by atoms with Gasteiger partial charge in [-0.25, -0.2) is 4.39 Å². The van der Waals surface area contributed by atoms with Crippen molar-refractivity contribution >= 4 is 30.7 Å². The van der Waals surface area contributed by atoms with Crippen molar-refractivity contribution in [3.8, 4) is 11.5 Å². The summed E-state index contributed by atoms with van der Waals surface area (Å²) in [6.07, 6.45) is 12.1. The summed E-state index contributed by atoms with van der Waals surface area (Å²) >= 11 is 0. The van der Waals surface area contributed by atoms with Crippen LogP contribution >= 0.6 is 24.8 Å². The fourth-order valence-corrected chi connectivity index (χ4v) is 8.67. The van der Waals surface area contributed by atoms with Crippen LogP contribution in [0.5, 0.6) is 11.5 Å². The third kappa shape index (κ3) is 12.0. The first kappa shape index (κ1) is 45.1. The number of hydrogen-bond donors (Lipinski definition) is 1.